The molecule has 0 aromatic carbocycles. The van der Waals surface area contributed by atoms with Gasteiger partial charge in [0.05, 0.1) is 11.8 Å². The molecule has 1 aliphatic heterocycles. The van der Waals surface area contributed by atoms with Gasteiger partial charge in [0.25, 0.3) is 0 Å². The summed E-state index contributed by atoms with van der Waals surface area (Å²) in [6.07, 6.45) is -0.360. The van der Waals surface area contributed by atoms with Crippen molar-refractivity contribution in [2.75, 3.05) is 0 Å². The van der Waals surface area contributed by atoms with Crippen LogP contribution in [0.4, 0.5) is 4.39 Å². The second kappa shape index (κ2) is 3.95. The van der Waals surface area contributed by atoms with Crippen LogP contribution in [0.1, 0.15) is 25.3 Å². The van der Waals surface area contributed by atoms with Gasteiger partial charge in [0.2, 0.25) is 0 Å². The van der Waals surface area contributed by atoms with E-state index in [2.05, 4.69) is 4.98 Å². The van der Waals surface area contributed by atoms with Gasteiger partial charge in [-0.1, -0.05) is 0 Å². The number of rotatable bonds is 1. The fourth-order valence-electron chi connectivity index (χ4n) is 1.80. The summed E-state index contributed by atoms with van der Waals surface area (Å²) < 4.78 is 19.6. The van der Waals surface area contributed by atoms with Crippen molar-refractivity contribution in [1.29, 1.82) is 0 Å². The molecular formula is C10H13FN2O3. The number of aromatic nitrogens is 2. The van der Waals surface area contributed by atoms with E-state index in [9.17, 15) is 14.3 Å². The minimum absolute atomic E-state index is 0.0433. The van der Waals surface area contributed by atoms with Crippen LogP contribution in [-0.4, -0.2) is 26.9 Å². The van der Waals surface area contributed by atoms with Crippen molar-refractivity contribution >= 4 is 0 Å². The van der Waals surface area contributed by atoms with Crippen molar-refractivity contribution in [1.82, 2.24) is 9.55 Å². The van der Waals surface area contributed by atoms with Crippen LogP contribution in [0, 0.1) is 12.7 Å². The van der Waals surface area contributed by atoms with Crippen LogP contribution in [0.25, 0.3) is 0 Å². The Morgan fingerprint density at radius 3 is 2.94 bits per heavy atom. The molecule has 1 saturated heterocycles. The number of aryl methyl sites for hydroxylation is 1. The first kappa shape index (κ1) is 11.2. The fraction of sp³-hybridized carbons (Fsp3) is 0.600. The lowest BCUT2D eigenvalue weighted by molar-refractivity contribution is -0.0354. The van der Waals surface area contributed by atoms with Gasteiger partial charge in [0.15, 0.2) is 12.0 Å². The van der Waals surface area contributed by atoms with E-state index >= 15 is 0 Å². The molecule has 5 nitrogen and oxygen atoms in total. The molecule has 1 fully saturated rings. The number of halogens is 1. The summed E-state index contributed by atoms with van der Waals surface area (Å²) in [4.78, 5) is 15.0. The van der Waals surface area contributed by atoms with Gasteiger partial charge >= 0.3 is 5.69 Å². The molecule has 0 aliphatic carbocycles. The third-order valence-corrected chi connectivity index (χ3v) is 2.63. The van der Waals surface area contributed by atoms with Crippen LogP contribution in [-0.2, 0) is 4.74 Å². The van der Waals surface area contributed by atoms with Gasteiger partial charge in [-0.25, -0.2) is 9.18 Å². The Kier molecular flexibility index (Phi) is 2.77. The molecule has 1 N–H and O–H groups in total. The Hall–Kier alpha value is -1.27. The number of hydrogen-bond donors (Lipinski definition) is 1. The molecule has 6 heteroatoms. The first-order valence-electron chi connectivity index (χ1n) is 5.08. The fourth-order valence-corrected chi connectivity index (χ4v) is 1.80. The van der Waals surface area contributed by atoms with Crippen LogP contribution in [0.3, 0.4) is 0 Å². The van der Waals surface area contributed by atoms with Crippen LogP contribution < -0.4 is 5.69 Å². The molecule has 1 aromatic rings. The summed E-state index contributed by atoms with van der Waals surface area (Å²) in [6, 6.07) is 0. The average Bonchev–Trinajstić information content (AvgIpc) is 2.51. The average molecular weight is 228 g/mol. The van der Waals surface area contributed by atoms with Crippen molar-refractivity contribution < 1.29 is 14.2 Å². The Morgan fingerprint density at radius 1 is 1.69 bits per heavy atom. The summed E-state index contributed by atoms with van der Waals surface area (Å²) in [6.45, 7) is 3.20. The zero-order valence-electron chi connectivity index (χ0n) is 9.05. The van der Waals surface area contributed by atoms with Gasteiger partial charge < -0.3 is 9.84 Å². The van der Waals surface area contributed by atoms with Crippen LogP contribution in [0.5, 0.6) is 0 Å². The standard InChI is InChI=1S/C10H13FN2O3/c1-5-3-8(14)9(16-5)13-4-7(11)6(2)12-10(13)15/h4-5,8-9,14H,3H2,1-2H3/t5?,8-,9?/m1/s1. The maximum atomic E-state index is 13.3. The first-order valence-corrected chi connectivity index (χ1v) is 5.08. The summed E-state index contributed by atoms with van der Waals surface area (Å²) in [5.41, 5.74) is -0.571. The normalized spacial score (nSPS) is 29.6. The van der Waals surface area contributed by atoms with E-state index in [0.29, 0.717) is 6.42 Å². The Bertz CT molecular complexity index is 460. The predicted molar refractivity (Wildman–Crippen MR) is 53.4 cm³/mol. The monoisotopic (exact) mass is 228 g/mol. The molecule has 2 heterocycles. The minimum atomic E-state index is -0.843. The molecule has 2 unspecified atom stereocenters. The Labute approximate surface area is 91.5 Å². The van der Waals surface area contributed by atoms with Crippen molar-refractivity contribution in [3.63, 3.8) is 0 Å². The Morgan fingerprint density at radius 2 is 2.38 bits per heavy atom. The lowest BCUT2D eigenvalue weighted by Gasteiger charge is -2.16. The van der Waals surface area contributed by atoms with E-state index < -0.39 is 23.8 Å². The van der Waals surface area contributed by atoms with E-state index in [-0.39, 0.29) is 11.8 Å². The largest absolute Gasteiger partial charge is 0.388 e. The van der Waals surface area contributed by atoms with Gasteiger partial charge in [0, 0.05) is 12.6 Å². The van der Waals surface area contributed by atoms with Crippen LogP contribution in [0.15, 0.2) is 11.0 Å². The number of ether oxygens (including phenoxy) is 1. The molecule has 3 atom stereocenters. The number of aliphatic hydroxyl groups excluding tert-OH is 1. The quantitative estimate of drug-likeness (QED) is 0.753. The molecule has 0 radical (unpaired) electrons. The zero-order chi connectivity index (χ0) is 11.9. The van der Waals surface area contributed by atoms with Crippen molar-refractivity contribution in [2.45, 2.75) is 38.7 Å². The van der Waals surface area contributed by atoms with Gasteiger partial charge in [-0.15, -0.1) is 0 Å². The van der Waals surface area contributed by atoms with Gasteiger partial charge in [-0.3, -0.25) is 4.57 Å². The third-order valence-electron chi connectivity index (χ3n) is 2.63. The van der Waals surface area contributed by atoms with Gasteiger partial charge in [0.1, 0.15) is 6.10 Å². The highest BCUT2D eigenvalue weighted by molar-refractivity contribution is 5.01. The SMILES string of the molecule is Cc1nc(=O)n(C2OC(C)C[C@H]2O)cc1F. The van der Waals surface area contributed by atoms with Crippen molar-refractivity contribution in [2.24, 2.45) is 0 Å². The van der Waals surface area contributed by atoms with E-state index in [0.717, 1.165) is 10.8 Å². The lowest BCUT2D eigenvalue weighted by Crippen LogP contribution is -2.32. The molecule has 0 spiro atoms. The lowest BCUT2D eigenvalue weighted by atomic mass is 10.2. The second-order valence-corrected chi connectivity index (χ2v) is 4.00. The number of nitrogens with zero attached hydrogens (tertiary/aromatic N) is 2. The Balaban J connectivity index is 2.41. The van der Waals surface area contributed by atoms with Crippen LogP contribution in [0.2, 0.25) is 0 Å². The number of hydrogen-bond acceptors (Lipinski definition) is 4. The smallest absolute Gasteiger partial charge is 0.350 e. The molecule has 16 heavy (non-hydrogen) atoms. The summed E-state index contributed by atoms with van der Waals surface area (Å²) in [5.74, 6) is -0.588. The van der Waals surface area contributed by atoms with Gasteiger partial charge in [-0.2, -0.15) is 4.98 Å². The van der Waals surface area contributed by atoms with Gasteiger partial charge in [-0.05, 0) is 13.8 Å². The van der Waals surface area contributed by atoms with E-state index in [1.54, 1.807) is 6.92 Å². The van der Waals surface area contributed by atoms with Crippen LogP contribution >= 0.6 is 0 Å². The molecule has 88 valence electrons. The predicted octanol–water partition coefficient (Wildman–Crippen LogP) is 0.359. The third kappa shape index (κ3) is 1.85. The van der Waals surface area contributed by atoms with E-state index in [1.807, 2.05) is 0 Å². The molecular weight excluding hydrogens is 215 g/mol. The summed E-state index contributed by atoms with van der Waals surface area (Å²) in [7, 11) is 0. The molecule has 1 aliphatic rings. The summed E-state index contributed by atoms with van der Waals surface area (Å²) in [5, 5.41) is 9.66. The molecule has 0 saturated carbocycles. The zero-order valence-corrected chi connectivity index (χ0v) is 9.05. The minimum Gasteiger partial charge on any atom is -0.388 e. The number of aliphatic hydroxyl groups is 1. The summed E-state index contributed by atoms with van der Waals surface area (Å²) >= 11 is 0. The highest BCUT2D eigenvalue weighted by atomic mass is 19.1. The maximum absolute atomic E-state index is 13.3. The molecule has 0 amide bonds. The second-order valence-electron chi connectivity index (χ2n) is 4.00. The highest BCUT2D eigenvalue weighted by Crippen LogP contribution is 2.27. The molecule has 2 rings (SSSR count). The van der Waals surface area contributed by atoms with Crippen molar-refractivity contribution in [3.05, 3.63) is 28.2 Å². The van der Waals surface area contributed by atoms with E-state index in [1.165, 1.54) is 6.92 Å². The molecule has 0 bridgehead atoms. The maximum Gasteiger partial charge on any atom is 0.350 e. The highest BCUT2D eigenvalue weighted by Gasteiger charge is 2.33. The first-order chi connectivity index (χ1) is 7.49. The topological polar surface area (TPSA) is 64.4 Å². The van der Waals surface area contributed by atoms with E-state index in [4.69, 9.17) is 4.74 Å². The molecule has 1 aromatic heterocycles. The van der Waals surface area contributed by atoms with Crippen molar-refractivity contribution in [3.8, 4) is 0 Å².